The molecule has 0 spiro atoms. The summed E-state index contributed by atoms with van der Waals surface area (Å²) in [7, 11) is 0. The van der Waals surface area contributed by atoms with Crippen molar-refractivity contribution < 1.29 is 4.39 Å². The van der Waals surface area contributed by atoms with Gasteiger partial charge in [0.2, 0.25) is 0 Å². The molecular formula is C10H21FN2. The number of hydrogen-bond acceptors (Lipinski definition) is 2. The zero-order chi connectivity index (χ0) is 9.52. The lowest BCUT2D eigenvalue weighted by Crippen LogP contribution is -2.35. The summed E-state index contributed by atoms with van der Waals surface area (Å²) in [6, 6.07) is 0. The molecule has 1 heterocycles. The van der Waals surface area contributed by atoms with E-state index < -0.39 is 0 Å². The van der Waals surface area contributed by atoms with Crippen LogP contribution >= 0.6 is 0 Å². The van der Waals surface area contributed by atoms with Crippen molar-refractivity contribution in [1.82, 2.24) is 4.90 Å². The Labute approximate surface area is 80.3 Å². The monoisotopic (exact) mass is 188 g/mol. The lowest BCUT2D eigenvalue weighted by atomic mass is 9.92. The van der Waals surface area contributed by atoms with Gasteiger partial charge in [-0.15, -0.1) is 0 Å². The van der Waals surface area contributed by atoms with E-state index in [1.54, 1.807) is 0 Å². The second-order valence-corrected chi connectivity index (χ2v) is 3.90. The van der Waals surface area contributed by atoms with E-state index in [1.807, 2.05) is 0 Å². The van der Waals surface area contributed by atoms with E-state index in [0.29, 0.717) is 6.54 Å². The van der Waals surface area contributed by atoms with E-state index in [-0.39, 0.29) is 6.67 Å². The van der Waals surface area contributed by atoms with Crippen molar-refractivity contribution in [2.45, 2.75) is 25.7 Å². The average Bonchev–Trinajstić information content (AvgIpc) is 2.17. The smallest absolute Gasteiger partial charge is 0.102 e. The molecule has 0 saturated carbocycles. The molecule has 1 aliphatic heterocycles. The van der Waals surface area contributed by atoms with E-state index in [0.717, 1.165) is 32.0 Å². The molecule has 0 amide bonds. The van der Waals surface area contributed by atoms with Gasteiger partial charge in [-0.25, -0.2) is 4.39 Å². The fourth-order valence-corrected chi connectivity index (χ4v) is 2.02. The van der Waals surface area contributed by atoms with Crippen molar-refractivity contribution >= 4 is 0 Å². The summed E-state index contributed by atoms with van der Waals surface area (Å²) < 4.78 is 12.0. The van der Waals surface area contributed by atoms with Crippen molar-refractivity contribution in [3.05, 3.63) is 0 Å². The minimum absolute atomic E-state index is 0.201. The second-order valence-electron chi connectivity index (χ2n) is 3.90. The molecule has 1 aliphatic rings. The van der Waals surface area contributed by atoms with Crippen LogP contribution in [0.4, 0.5) is 4.39 Å². The Kier molecular flexibility index (Phi) is 5.32. The molecule has 0 aromatic rings. The molecule has 78 valence electrons. The highest BCUT2D eigenvalue weighted by Crippen LogP contribution is 2.21. The Morgan fingerprint density at radius 1 is 1.31 bits per heavy atom. The minimum atomic E-state index is -0.201. The zero-order valence-electron chi connectivity index (χ0n) is 8.34. The van der Waals surface area contributed by atoms with E-state index in [2.05, 4.69) is 4.90 Å². The molecule has 0 unspecified atom stereocenters. The van der Waals surface area contributed by atoms with Crippen molar-refractivity contribution in [3.63, 3.8) is 0 Å². The molecule has 0 atom stereocenters. The van der Waals surface area contributed by atoms with E-state index >= 15 is 0 Å². The van der Waals surface area contributed by atoms with Gasteiger partial charge in [0, 0.05) is 6.54 Å². The first-order valence-electron chi connectivity index (χ1n) is 5.35. The number of hydrogen-bond donors (Lipinski definition) is 1. The first kappa shape index (κ1) is 10.9. The molecule has 1 saturated heterocycles. The first-order chi connectivity index (χ1) is 6.36. The summed E-state index contributed by atoms with van der Waals surface area (Å²) >= 11 is 0. The Morgan fingerprint density at radius 3 is 2.54 bits per heavy atom. The normalized spacial score (nSPS) is 20.8. The summed E-state index contributed by atoms with van der Waals surface area (Å²) in [4.78, 5) is 2.22. The highest BCUT2D eigenvalue weighted by molar-refractivity contribution is 4.72. The van der Waals surface area contributed by atoms with Crippen LogP contribution in [0.2, 0.25) is 0 Å². The molecule has 0 aromatic carbocycles. The van der Waals surface area contributed by atoms with Crippen molar-refractivity contribution in [3.8, 4) is 0 Å². The summed E-state index contributed by atoms with van der Waals surface area (Å²) in [6.07, 6.45) is 4.88. The molecule has 13 heavy (non-hydrogen) atoms. The maximum atomic E-state index is 12.0. The van der Waals surface area contributed by atoms with Gasteiger partial charge in [0.25, 0.3) is 0 Å². The second kappa shape index (κ2) is 6.33. The molecule has 3 heteroatoms. The fourth-order valence-electron chi connectivity index (χ4n) is 2.02. The highest BCUT2D eigenvalue weighted by Gasteiger charge is 2.17. The molecule has 0 bridgehead atoms. The predicted octanol–water partition coefficient (Wildman–Crippen LogP) is 1.41. The Balaban J connectivity index is 2.08. The number of rotatable bonds is 5. The van der Waals surface area contributed by atoms with Gasteiger partial charge in [0.05, 0.1) is 0 Å². The molecule has 2 N–H and O–H groups in total. The third-order valence-corrected chi connectivity index (χ3v) is 2.92. The number of alkyl halides is 1. The molecule has 1 rings (SSSR count). The molecule has 0 aromatic heterocycles. The average molecular weight is 188 g/mol. The lowest BCUT2D eigenvalue weighted by molar-refractivity contribution is 0.167. The van der Waals surface area contributed by atoms with Crippen molar-refractivity contribution in [2.75, 3.05) is 32.9 Å². The van der Waals surface area contributed by atoms with Crippen LogP contribution in [0.15, 0.2) is 0 Å². The van der Waals surface area contributed by atoms with Crippen LogP contribution in [-0.2, 0) is 0 Å². The predicted molar refractivity (Wildman–Crippen MR) is 53.4 cm³/mol. The van der Waals surface area contributed by atoms with Crippen LogP contribution in [-0.4, -0.2) is 37.8 Å². The molecule has 0 radical (unpaired) electrons. The van der Waals surface area contributed by atoms with Gasteiger partial charge in [-0.1, -0.05) is 0 Å². The van der Waals surface area contributed by atoms with Gasteiger partial charge in [-0.2, -0.15) is 0 Å². The quantitative estimate of drug-likeness (QED) is 0.706. The topological polar surface area (TPSA) is 29.3 Å². The minimum Gasteiger partial charge on any atom is -0.330 e. The van der Waals surface area contributed by atoms with Gasteiger partial charge < -0.3 is 10.6 Å². The number of nitrogens with two attached hydrogens (primary N) is 1. The van der Waals surface area contributed by atoms with Crippen LogP contribution in [0.3, 0.4) is 0 Å². The number of likely N-dealkylation sites (tertiary alicyclic amines) is 1. The maximum absolute atomic E-state index is 12.0. The molecule has 1 fully saturated rings. The lowest BCUT2D eigenvalue weighted by Gasteiger charge is -2.31. The van der Waals surface area contributed by atoms with Crippen molar-refractivity contribution in [1.29, 1.82) is 0 Å². The zero-order valence-corrected chi connectivity index (χ0v) is 8.34. The number of nitrogens with zero attached hydrogens (tertiary/aromatic N) is 1. The van der Waals surface area contributed by atoms with Crippen molar-refractivity contribution in [2.24, 2.45) is 11.7 Å². The fraction of sp³-hybridized carbons (Fsp3) is 1.00. The van der Waals surface area contributed by atoms with Gasteiger partial charge in [0.15, 0.2) is 0 Å². The van der Waals surface area contributed by atoms with Gasteiger partial charge in [0.1, 0.15) is 6.67 Å². The van der Waals surface area contributed by atoms with Crippen LogP contribution in [0, 0.1) is 5.92 Å². The third-order valence-electron chi connectivity index (χ3n) is 2.92. The Morgan fingerprint density at radius 2 is 2.00 bits per heavy atom. The first-order valence-corrected chi connectivity index (χ1v) is 5.35. The van der Waals surface area contributed by atoms with Crippen LogP contribution in [0.25, 0.3) is 0 Å². The Bertz CT molecular complexity index is 122. The summed E-state index contributed by atoms with van der Waals surface area (Å²) in [5.74, 6) is 0.847. The van der Waals surface area contributed by atoms with E-state index in [4.69, 9.17) is 5.73 Å². The molecular weight excluding hydrogens is 167 g/mol. The summed E-state index contributed by atoms with van der Waals surface area (Å²) in [5, 5.41) is 0. The largest absolute Gasteiger partial charge is 0.330 e. The Hall–Kier alpha value is -0.150. The van der Waals surface area contributed by atoms with Crippen LogP contribution in [0.1, 0.15) is 25.7 Å². The summed E-state index contributed by atoms with van der Waals surface area (Å²) in [5.41, 5.74) is 5.46. The van der Waals surface area contributed by atoms with Gasteiger partial charge in [-0.3, -0.25) is 0 Å². The highest BCUT2D eigenvalue weighted by atomic mass is 19.1. The van der Waals surface area contributed by atoms with E-state index in [1.165, 1.54) is 19.3 Å². The third kappa shape index (κ3) is 4.05. The summed E-state index contributed by atoms with van der Waals surface area (Å²) in [6.45, 7) is 3.40. The number of piperidine rings is 1. The van der Waals surface area contributed by atoms with E-state index in [9.17, 15) is 4.39 Å². The maximum Gasteiger partial charge on any atom is 0.102 e. The van der Waals surface area contributed by atoms with Gasteiger partial charge in [-0.05, 0) is 51.2 Å². The van der Waals surface area contributed by atoms with Gasteiger partial charge >= 0.3 is 0 Å². The molecule has 0 aliphatic carbocycles. The molecule has 2 nitrogen and oxygen atoms in total. The van der Waals surface area contributed by atoms with Crippen LogP contribution < -0.4 is 5.73 Å². The SMILES string of the molecule is NCCCC1CCN(CCF)CC1. The van der Waals surface area contributed by atoms with Crippen LogP contribution in [0.5, 0.6) is 0 Å². The standard InChI is InChI=1S/C10H21FN2/c11-5-9-13-7-3-10(4-8-13)2-1-6-12/h10H,1-9,12H2. The number of halogens is 1.